The molecular weight excluding hydrogens is 445 g/mol. The van der Waals surface area contributed by atoms with Crippen LogP contribution in [0.2, 0.25) is 0 Å². The number of carboxylic acids is 1. The highest BCUT2D eigenvalue weighted by molar-refractivity contribution is 5.72. The second kappa shape index (κ2) is 12.5. The van der Waals surface area contributed by atoms with Crippen molar-refractivity contribution in [2.75, 3.05) is 13.2 Å². The number of aliphatic carboxylic acids is 1. The first kappa shape index (κ1) is 24.9. The third-order valence-corrected chi connectivity index (χ3v) is 4.51. The maximum Gasteiger partial charge on any atom is 0.333 e. The number of carboxylic acid groups (broad SMARTS) is 1. The standard InChI is InChI=1S/C24H26FN3O6/c1-3-12-33-28-20(23-27-26-22(34-23)17-8-10-18(25)11-9-17)15-32-19-7-5-6-16(13-19)14-21(24(29)30)31-4-2/h5-11,13,15,21,28H,3-4,12,14H2,1-2H3,(H,29,30). The number of hydrogen-bond acceptors (Lipinski definition) is 8. The number of aromatic nitrogens is 2. The zero-order valence-electron chi connectivity index (χ0n) is 18.9. The predicted molar refractivity (Wildman–Crippen MR) is 121 cm³/mol. The van der Waals surface area contributed by atoms with Crippen LogP contribution in [0.5, 0.6) is 5.75 Å². The van der Waals surface area contributed by atoms with E-state index < -0.39 is 12.1 Å². The van der Waals surface area contributed by atoms with Gasteiger partial charge in [0.15, 0.2) is 11.8 Å². The molecular formula is C24H26FN3O6. The number of ether oxygens (including phenoxy) is 2. The highest BCUT2D eigenvalue weighted by atomic mass is 19.1. The molecule has 0 aliphatic rings. The molecule has 0 aliphatic heterocycles. The number of halogens is 1. The molecule has 3 rings (SSSR count). The summed E-state index contributed by atoms with van der Waals surface area (Å²) >= 11 is 0. The Bertz CT molecular complexity index is 1100. The molecule has 10 heteroatoms. The number of nitrogens with zero attached hydrogens (tertiary/aromatic N) is 2. The van der Waals surface area contributed by atoms with Crippen molar-refractivity contribution in [3.05, 3.63) is 72.1 Å². The first-order valence-corrected chi connectivity index (χ1v) is 10.8. The summed E-state index contributed by atoms with van der Waals surface area (Å²) in [5.41, 5.74) is 4.31. The quantitative estimate of drug-likeness (QED) is 0.215. The van der Waals surface area contributed by atoms with E-state index in [2.05, 4.69) is 15.7 Å². The van der Waals surface area contributed by atoms with E-state index in [1.54, 1.807) is 31.2 Å². The summed E-state index contributed by atoms with van der Waals surface area (Å²) < 4.78 is 29.9. The molecule has 3 aromatic rings. The fourth-order valence-corrected chi connectivity index (χ4v) is 2.90. The van der Waals surface area contributed by atoms with Crippen LogP contribution >= 0.6 is 0 Å². The van der Waals surface area contributed by atoms with Gasteiger partial charge < -0.3 is 19.0 Å². The molecule has 0 aliphatic carbocycles. The van der Waals surface area contributed by atoms with Crippen LogP contribution in [0.15, 0.2) is 59.2 Å². The molecule has 1 atom stereocenters. The Hall–Kier alpha value is -3.76. The summed E-state index contributed by atoms with van der Waals surface area (Å²) in [7, 11) is 0. The van der Waals surface area contributed by atoms with E-state index in [1.165, 1.54) is 30.5 Å². The van der Waals surface area contributed by atoms with Gasteiger partial charge in [0.1, 0.15) is 17.8 Å². The Labute approximate surface area is 196 Å². The van der Waals surface area contributed by atoms with Gasteiger partial charge in [-0.1, -0.05) is 19.1 Å². The Morgan fingerprint density at radius 2 is 2.00 bits per heavy atom. The lowest BCUT2D eigenvalue weighted by Gasteiger charge is -2.13. The molecule has 2 aromatic carbocycles. The van der Waals surface area contributed by atoms with Crippen molar-refractivity contribution in [1.29, 1.82) is 0 Å². The molecule has 0 saturated heterocycles. The Morgan fingerprint density at radius 3 is 2.71 bits per heavy atom. The molecule has 1 heterocycles. The Kier molecular flexibility index (Phi) is 9.12. The van der Waals surface area contributed by atoms with E-state index in [9.17, 15) is 14.3 Å². The molecule has 1 aromatic heterocycles. The normalized spacial score (nSPS) is 12.4. The number of carbonyl (C=O) groups is 1. The summed E-state index contributed by atoms with van der Waals surface area (Å²) in [4.78, 5) is 16.8. The van der Waals surface area contributed by atoms with Crippen LogP contribution in [0.3, 0.4) is 0 Å². The molecule has 0 spiro atoms. The Balaban J connectivity index is 1.78. The second-order valence-electron chi connectivity index (χ2n) is 7.15. The summed E-state index contributed by atoms with van der Waals surface area (Å²) in [6, 6.07) is 12.7. The average molecular weight is 471 g/mol. The number of nitrogens with one attached hydrogen (secondary N) is 1. The van der Waals surface area contributed by atoms with Gasteiger partial charge in [0, 0.05) is 18.6 Å². The lowest BCUT2D eigenvalue weighted by atomic mass is 10.1. The lowest BCUT2D eigenvalue weighted by molar-refractivity contribution is -0.149. The maximum absolute atomic E-state index is 13.2. The first-order chi connectivity index (χ1) is 16.5. The van der Waals surface area contributed by atoms with Gasteiger partial charge >= 0.3 is 5.97 Å². The fourth-order valence-electron chi connectivity index (χ4n) is 2.90. The highest BCUT2D eigenvalue weighted by Gasteiger charge is 2.18. The van der Waals surface area contributed by atoms with E-state index in [-0.39, 0.29) is 29.7 Å². The van der Waals surface area contributed by atoms with Gasteiger partial charge in [0.05, 0.1) is 6.61 Å². The molecule has 2 N–H and O–H groups in total. The molecule has 1 unspecified atom stereocenters. The number of benzene rings is 2. The Morgan fingerprint density at radius 1 is 1.21 bits per heavy atom. The third kappa shape index (κ3) is 7.12. The molecule has 0 fully saturated rings. The summed E-state index contributed by atoms with van der Waals surface area (Å²) in [6.45, 7) is 4.43. The van der Waals surface area contributed by atoms with Crippen molar-refractivity contribution in [3.8, 4) is 17.2 Å². The number of hydroxylamine groups is 1. The zero-order chi connectivity index (χ0) is 24.3. The van der Waals surface area contributed by atoms with Crippen LogP contribution in [-0.4, -0.2) is 40.6 Å². The van der Waals surface area contributed by atoms with E-state index in [0.29, 0.717) is 24.5 Å². The van der Waals surface area contributed by atoms with E-state index in [1.807, 2.05) is 6.92 Å². The van der Waals surface area contributed by atoms with Gasteiger partial charge in [0.25, 0.3) is 5.89 Å². The van der Waals surface area contributed by atoms with Crippen LogP contribution < -0.4 is 10.2 Å². The molecule has 0 saturated carbocycles. The van der Waals surface area contributed by atoms with E-state index in [4.69, 9.17) is 18.7 Å². The third-order valence-electron chi connectivity index (χ3n) is 4.51. The van der Waals surface area contributed by atoms with Crippen molar-refractivity contribution in [2.45, 2.75) is 32.8 Å². The summed E-state index contributed by atoms with van der Waals surface area (Å²) in [5, 5.41) is 17.3. The fraction of sp³-hybridized carbons (Fsp3) is 0.292. The van der Waals surface area contributed by atoms with Crippen molar-refractivity contribution >= 4 is 11.7 Å². The molecule has 180 valence electrons. The topological polar surface area (TPSA) is 116 Å². The van der Waals surface area contributed by atoms with Crippen molar-refractivity contribution in [1.82, 2.24) is 15.7 Å². The van der Waals surface area contributed by atoms with Crippen molar-refractivity contribution < 1.29 is 33.0 Å². The molecule has 0 amide bonds. The van der Waals surface area contributed by atoms with Crippen molar-refractivity contribution in [3.63, 3.8) is 0 Å². The highest BCUT2D eigenvalue weighted by Crippen LogP contribution is 2.22. The second-order valence-corrected chi connectivity index (χ2v) is 7.15. The number of rotatable bonds is 13. The minimum atomic E-state index is -1.03. The lowest BCUT2D eigenvalue weighted by Crippen LogP contribution is -2.26. The maximum atomic E-state index is 13.2. The minimum Gasteiger partial charge on any atom is -0.479 e. The largest absolute Gasteiger partial charge is 0.479 e. The number of hydrogen-bond donors (Lipinski definition) is 2. The van der Waals surface area contributed by atoms with Gasteiger partial charge in [0.2, 0.25) is 5.89 Å². The van der Waals surface area contributed by atoms with Gasteiger partial charge in [-0.05, 0) is 55.3 Å². The van der Waals surface area contributed by atoms with Crippen molar-refractivity contribution in [2.24, 2.45) is 0 Å². The van der Waals surface area contributed by atoms with Crippen LogP contribution in [-0.2, 0) is 20.8 Å². The molecule has 34 heavy (non-hydrogen) atoms. The molecule has 9 nitrogen and oxygen atoms in total. The molecule has 0 radical (unpaired) electrons. The van der Waals surface area contributed by atoms with Crippen LogP contribution in [0.4, 0.5) is 4.39 Å². The molecule has 0 bridgehead atoms. The van der Waals surface area contributed by atoms with Crippen LogP contribution in [0.25, 0.3) is 17.2 Å². The average Bonchev–Trinajstić information content (AvgIpc) is 3.32. The SMILES string of the molecule is CCCONC(=COc1cccc(CC(OCC)C(=O)O)c1)c1nnc(-c2ccc(F)cc2)o1. The van der Waals surface area contributed by atoms with E-state index >= 15 is 0 Å². The smallest absolute Gasteiger partial charge is 0.333 e. The monoisotopic (exact) mass is 471 g/mol. The predicted octanol–water partition coefficient (Wildman–Crippen LogP) is 4.22. The van der Waals surface area contributed by atoms with Gasteiger partial charge in [-0.25, -0.2) is 9.18 Å². The zero-order valence-corrected chi connectivity index (χ0v) is 18.9. The minimum absolute atomic E-state index is 0.105. The van der Waals surface area contributed by atoms with Gasteiger partial charge in [-0.3, -0.25) is 10.3 Å². The van der Waals surface area contributed by atoms with Crippen LogP contribution in [0, 0.1) is 5.82 Å². The van der Waals surface area contributed by atoms with E-state index in [0.717, 1.165) is 12.0 Å². The van der Waals surface area contributed by atoms with Gasteiger partial charge in [-0.2, -0.15) is 0 Å². The van der Waals surface area contributed by atoms with Crippen LogP contribution in [0.1, 0.15) is 31.7 Å². The summed E-state index contributed by atoms with van der Waals surface area (Å²) in [6.07, 6.45) is 1.38. The first-order valence-electron chi connectivity index (χ1n) is 10.8. The van der Waals surface area contributed by atoms with Gasteiger partial charge in [-0.15, -0.1) is 10.2 Å². The summed E-state index contributed by atoms with van der Waals surface area (Å²) in [5.74, 6) is -0.623.